The van der Waals surface area contributed by atoms with Crippen LogP contribution in [-0.2, 0) is 14.4 Å². The van der Waals surface area contributed by atoms with Crippen molar-refractivity contribution in [3.05, 3.63) is 29.8 Å². The number of anilines is 1. The van der Waals surface area contributed by atoms with Crippen LogP contribution < -0.4 is 4.90 Å². The van der Waals surface area contributed by atoms with Gasteiger partial charge in [-0.05, 0) is 19.1 Å². The molecule has 18 heavy (non-hydrogen) atoms. The lowest BCUT2D eigenvalue weighted by Gasteiger charge is -2.14. The van der Waals surface area contributed by atoms with Gasteiger partial charge in [-0.25, -0.2) is 0 Å². The van der Waals surface area contributed by atoms with Gasteiger partial charge in [-0.15, -0.1) is 0 Å². The average molecular weight is 247 g/mol. The van der Waals surface area contributed by atoms with Gasteiger partial charge in [-0.3, -0.25) is 19.3 Å². The smallest absolute Gasteiger partial charge is 0.304 e. The van der Waals surface area contributed by atoms with E-state index in [0.717, 1.165) is 10.5 Å². The molecule has 94 valence electrons. The van der Waals surface area contributed by atoms with Gasteiger partial charge < -0.3 is 5.11 Å². The summed E-state index contributed by atoms with van der Waals surface area (Å²) in [7, 11) is 0. The minimum Gasteiger partial charge on any atom is -0.481 e. The van der Waals surface area contributed by atoms with E-state index >= 15 is 0 Å². The van der Waals surface area contributed by atoms with Gasteiger partial charge in [0.1, 0.15) is 0 Å². The van der Waals surface area contributed by atoms with Gasteiger partial charge in [0, 0.05) is 6.42 Å². The Kier molecular flexibility index (Phi) is 3.14. The molecule has 2 rings (SSSR count). The van der Waals surface area contributed by atoms with E-state index in [1.165, 1.54) is 0 Å². The summed E-state index contributed by atoms with van der Waals surface area (Å²) < 4.78 is 0. The van der Waals surface area contributed by atoms with E-state index in [0.29, 0.717) is 5.69 Å². The molecule has 5 nitrogen and oxygen atoms in total. The van der Waals surface area contributed by atoms with E-state index in [4.69, 9.17) is 5.11 Å². The molecule has 0 aromatic heterocycles. The SMILES string of the molecule is Cc1ccc(N2C(=O)C[C@@H](CC(=O)O)C2=O)cc1. The van der Waals surface area contributed by atoms with Crippen molar-refractivity contribution in [2.45, 2.75) is 19.8 Å². The van der Waals surface area contributed by atoms with Crippen molar-refractivity contribution in [2.24, 2.45) is 5.92 Å². The number of hydrogen-bond acceptors (Lipinski definition) is 3. The third-order valence-electron chi connectivity index (χ3n) is 2.95. The van der Waals surface area contributed by atoms with Crippen LogP contribution in [0.2, 0.25) is 0 Å². The molecule has 1 aliphatic rings. The molecule has 0 radical (unpaired) electrons. The molecule has 5 heteroatoms. The van der Waals surface area contributed by atoms with Crippen LogP contribution >= 0.6 is 0 Å². The van der Waals surface area contributed by atoms with Gasteiger partial charge in [0.05, 0.1) is 18.0 Å². The first-order valence-electron chi connectivity index (χ1n) is 5.64. The molecule has 1 saturated heterocycles. The third-order valence-corrected chi connectivity index (χ3v) is 2.95. The number of carboxylic acids is 1. The third kappa shape index (κ3) is 2.25. The Morgan fingerprint density at radius 1 is 1.33 bits per heavy atom. The first kappa shape index (κ1) is 12.3. The molecule has 0 unspecified atom stereocenters. The van der Waals surface area contributed by atoms with Gasteiger partial charge in [-0.1, -0.05) is 17.7 Å². The predicted octanol–water partition coefficient (Wildman–Crippen LogP) is 1.35. The maximum absolute atomic E-state index is 12.0. The van der Waals surface area contributed by atoms with E-state index in [1.807, 2.05) is 6.92 Å². The van der Waals surface area contributed by atoms with Crippen LogP contribution in [0.4, 0.5) is 5.69 Å². The number of carbonyl (C=O) groups excluding carboxylic acids is 2. The molecule has 1 aromatic rings. The summed E-state index contributed by atoms with van der Waals surface area (Å²) in [5, 5.41) is 8.69. The number of carboxylic acid groups (broad SMARTS) is 1. The second-order valence-corrected chi connectivity index (χ2v) is 4.40. The number of aliphatic carboxylic acids is 1. The fourth-order valence-corrected chi connectivity index (χ4v) is 2.03. The molecule has 1 N–H and O–H groups in total. The normalized spacial score (nSPS) is 19.4. The minimum absolute atomic E-state index is 0.0288. The van der Waals surface area contributed by atoms with Crippen molar-refractivity contribution in [1.29, 1.82) is 0 Å². The fourth-order valence-electron chi connectivity index (χ4n) is 2.03. The Bertz CT molecular complexity index is 506. The zero-order valence-corrected chi connectivity index (χ0v) is 9.92. The summed E-state index contributed by atoms with van der Waals surface area (Å²) in [6.07, 6.45) is -0.327. The summed E-state index contributed by atoms with van der Waals surface area (Å²) in [6, 6.07) is 6.99. The van der Waals surface area contributed by atoms with E-state index in [1.54, 1.807) is 24.3 Å². The molecule has 0 bridgehead atoms. The highest BCUT2D eigenvalue weighted by molar-refractivity contribution is 6.21. The van der Waals surface area contributed by atoms with E-state index < -0.39 is 17.8 Å². The van der Waals surface area contributed by atoms with Crippen LogP contribution in [0, 0.1) is 12.8 Å². The molecule has 2 amide bonds. The average Bonchev–Trinajstić information content (AvgIpc) is 2.55. The summed E-state index contributed by atoms with van der Waals surface area (Å²) in [6.45, 7) is 1.91. The number of aryl methyl sites for hydroxylation is 1. The summed E-state index contributed by atoms with van der Waals surface area (Å²) in [4.78, 5) is 35.4. The first-order chi connectivity index (χ1) is 8.49. The van der Waals surface area contributed by atoms with Crippen molar-refractivity contribution in [3.63, 3.8) is 0 Å². The zero-order chi connectivity index (χ0) is 13.3. The molecular weight excluding hydrogens is 234 g/mol. The Morgan fingerprint density at radius 2 is 1.94 bits per heavy atom. The molecule has 1 aromatic carbocycles. The van der Waals surface area contributed by atoms with Gasteiger partial charge in [0.15, 0.2) is 0 Å². The van der Waals surface area contributed by atoms with Gasteiger partial charge >= 0.3 is 5.97 Å². The molecular formula is C13H13NO4. The van der Waals surface area contributed by atoms with Crippen molar-refractivity contribution in [1.82, 2.24) is 0 Å². The largest absolute Gasteiger partial charge is 0.481 e. The van der Waals surface area contributed by atoms with Crippen LogP contribution in [0.25, 0.3) is 0 Å². The molecule has 1 aliphatic heterocycles. The number of carbonyl (C=O) groups is 3. The first-order valence-corrected chi connectivity index (χ1v) is 5.64. The number of rotatable bonds is 3. The minimum atomic E-state index is -1.06. The van der Waals surface area contributed by atoms with Gasteiger partial charge in [0.2, 0.25) is 11.8 Å². The van der Waals surface area contributed by atoms with Gasteiger partial charge in [0.25, 0.3) is 0 Å². The van der Waals surface area contributed by atoms with Crippen LogP contribution in [0.15, 0.2) is 24.3 Å². The maximum atomic E-state index is 12.0. The molecule has 1 atom stereocenters. The molecule has 0 spiro atoms. The highest BCUT2D eigenvalue weighted by Crippen LogP contribution is 2.28. The highest BCUT2D eigenvalue weighted by Gasteiger charge is 2.40. The lowest BCUT2D eigenvalue weighted by Crippen LogP contribution is -2.30. The molecule has 1 heterocycles. The van der Waals surface area contributed by atoms with Crippen molar-refractivity contribution in [3.8, 4) is 0 Å². The number of amides is 2. The number of hydrogen-bond donors (Lipinski definition) is 1. The van der Waals surface area contributed by atoms with Crippen LogP contribution in [0.1, 0.15) is 18.4 Å². The molecule has 1 fully saturated rings. The second-order valence-electron chi connectivity index (χ2n) is 4.40. The molecule has 0 aliphatic carbocycles. The van der Waals surface area contributed by atoms with Crippen LogP contribution in [-0.4, -0.2) is 22.9 Å². The topological polar surface area (TPSA) is 74.7 Å². The Hall–Kier alpha value is -2.17. The van der Waals surface area contributed by atoms with Crippen LogP contribution in [0.3, 0.4) is 0 Å². The number of benzene rings is 1. The number of imide groups is 1. The van der Waals surface area contributed by atoms with Crippen molar-refractivity contribution < 1.29 is 19.5 Å². The van der Waals surface area contributed by atoms with E-state index in [-0.39, 0.29) is 18.7 Å². The van der Waals surface area contributed by atoms with Crippen molar-refractivity contribution >= 4 is 23.5 Å². The Morgan fingerprint density at radius 3 is 2.50 bits per heavy atom. The highest BCUT2D eigenvalue weighted by atomic mass is 16.4. The fraction of sp³-hybridized carbons (Fsp3) is 0.308. The Balaban J connectivity index is 2.24. The monoisotopic (exact) mass is 247 g/mol. The maximum Gasteiger partial charge on any atom is 0.304 e. The zero-order valence-electron chi connectivity index (χ0n) is 9.92. The lowest BCUT2D eigenvalue weighted by molar-refractivity contribution is -0.140. The van der Waals surface area contributed by atoms with Crippen molar-refractivity contribution in [2.75, 3.05) is 4.90 Å². The van der Waals surface area contributed by atoms with Gasteiger partial charge in [-0.2, -0.15) is 0 Å². The quantitative estimate of drug-likeness (QED) is 0.818. The summed E-state index contributed by atoms with van der Waals surface area (Å²) in [5.74, 6) is -2.57. The summed E-state index contributed by atoms with van der Waals surface area (Å²) >= 11 is 0. The molecule has 0 saturated carbocycles. The number of nitrogens with zero attached hydrogens (tertiary/aromatic N) is 1. The summed E-state index contributed by atoms with van der Waals surface area (Å²) in [5.41, 5.74) is 1.53. The standard InChI is InChI=1S/C13H13NO4/c1-8-2-4-10(5-3-8)14-11(15)6-9(13(14)18)7-12(16)17/h2-5,9H,6-7H2,1H3,(H,16,17)/t9-/m0/s1. The second kappa shape index (κ2) is 4.60. The van der Waals surface area contributed by atoms with E-state index in [2.05, 4.69) is 0 Å². The predicted molar refractivity (Wildman–Crippen MR) is 64.0 cm³/mol. The Labute approximate surface area is 104 Å². The van der Waals surface area contributed by atoms with E-state index in [9.17, 15) is 14.4 Å². The lowest BCUT2D eigenvalue weighted by atomic mass is 10.0. The van der Waals surface area contributed by atoms with Crippen LogP contribution in [0.5, 0.6) is 0 Å².